The Bertz CT molecular complexity index is 651. The normalized spacial score (nSPS) is 20.7. The van der Waals surface area contributed by atoms with Crippen molar-refractivity contribution in [3.8, 4) is 0 Å². The minimum Gasteiger partial charge on any atom is -0.351 e. The molecule has 1 aliphatic rings. The zero-order valence-corrected chi connectivity index (χ0v) is 16.8. The van der Waals surface area contributed by atoms with Crippen LogP contribution in [0.15, 0.2) is 18.2 Å². The van der Waals surface area contributed by atoms with Gasteiger partial charge in [0.05, 0.1) is 10.7 Å². The van der Waals surface area contributed by atoms with Crippen LogP contribution in [-0.2, 0) is 9.59 Å². The van der Waals surface area contributed by atoms with E-state index in [2.05, 4.69) is 17.6 Å². The van der Waals surface area contributed by atoms with Gasteiger partial charge < -0.3 is 20.4 Å². The molecule has 1 saturated heterocycles. The van der Waals surface area contributed by atoms with Crippen LogP contribution in [0.5, 0.6) is 0 Å². The number of hydrogen-bond donors (Lipinski definition) is 4. The summed E-state index contributed by atoms with van der Waals surface area (Å²) >= 11 is 5.97. The van der Waals surface area contributed by atoms with Gasteiger partial charge in [-0.25, -0.2) is 4.39 Å². The molecule has 0 unspecified atom stereocenters. The molecule has 0 aliphatic carbocycles. The number of carbonyl (C=O) groups excluding carboxylic acids is 2. The van der Waals surface area contributed by atoms with E-state index < -0.39 is 5.82 Å². The molecular weight excluding hydrogens is 371 g/mol. The molecule has 0 bridgehead atoms. The Morgan fingerprint density at radius 2 is 1.96 bits per heavy atom. The van der Waals surface area contributed by atoms with Crippen molar-refractivity contribution in [3.63, 3.8) is 0 Å². The molecule has 150 valence electrons. The number of piperazine rings is 1. The summed E-state index contributed by atoms with van der Waals surface area (Å²) in [6.45, 7) is 8.56. The zero-order valence-electron chi connectivity index (χ0n) is 16.0. The molecule has 1 aliphatic heterocycles. The van der Waals surface area contributed by atoms with Crippen LogP contribution in [0, 0.1) is 5.82 Å². The average molecular weight is 401 g/mol. The summed E-state index contributed by atoms with van der Waals surface area (Å²) in [4.78, 5) is 26.9. The third kappa shape index (κ3) is 6.75. The molecular formula is C19H30ClFN4O2+2. The van der Waals surface area contributed by atoms with E-state index in [1.54, 1.807) is 0 Å². The van der Waals surface area contributed by atoms with Crippen LogP contribution >= 0.6 is 11.6 Å². The smallest absolute Gasteiger partial charge is 0.282 e. The summed E-state index contributed by atoms with van der Waals surface area (Å²) in [5, 5.41) is 5.92. The first-order valence-corrected chi connectivity index (χ1v) is 9.99. The van der Waals surface area contributed by atoms with Crippen molar-refractivity contribution in [1.29, 1.82) is 0 Å². The van der Waals surface area contributed by atoms with Gasteiger partial charge in [-0.3, -0.25) is 9.59 Å². The molecule has 8 heteroatoms. The summed E-state index contributed by atoms with van der Waals surface area (Å²) in [5.41, 5.74) is 0.419. The molecule has 2 amide bonds. The third-order valence-electron chi connectivity index (χ3n) is 5.06. The van der Waals surface area contributed by atoms with E-state index in [9.17, 15) is 14.0 Å². The molecule has 2 rings (SSSR count). The first kappa shape index (κ1) is 21.6. The van der Waals surface area contributed by atoms with Gasteiger partial charge >= 0.3 is 0 Å². The average Bonchev–Trinajstić information content (AvgIpc) is 2.64. The Morgan fingerprint density at radius 1 is 1.26 bits per heavy atom. The third-order valence-corrected chi connectivity index (χ3v) is 5.37. The monoisotopic (exact) mass is 400 g/mol. The molecule has 1 aromatic carbocycles. The van der Waals surface area contributed by atoms with Crippen LogP contribution in [0.1, 0.15) is 26.7 Å². The van der Waals surface area contributed by atoms with E-state index in [0.29, 0.717) is 12.2 Å². The molecule has 6 nitrogen and oxygen atoms in total. The molecule has 0 spiro atoms. The van der Waals surface area contributed by atoms with E-state index >= 15 is 0 Å². The second-order valence-electron chi connectivity index (χ2n) is 7.12. The van der Waals surface area contributed by atoms with E-state index in [1.807, 2.05) is 6.92 Å². The maximum absolute atomic E-state index is 13.1. The van der Waals surface area contributed by atoms with E-state index in [0.717, 1.165) is 45.6 Å². The summed E-state index contributed by atoms with van der Waals surface area (Å²) in [6, 6.07) is 3.68. The lowest BCUT2D eigenvalue weighted by Crippen LogP contribution is -3.30. The van der Waals surface area contributed by atoms with Crippen LogP contribution in [0.2, 0.25) is 5.02 Å². The standard InChI is InChI=1S/C19H28ClFN4O2/c1-3-4-7-22-18(26)13-24-8-10-25(11-9-24)14(2)19(27)23-17-6-5-15(21)12-16(17)20/h5-6,12,14H,3-4,7-11,13H2,1-2H3,(H,22,26)(H,23,27)/p+2/t14-/m0/s1. The van der Waals surface area contributed by atoms with Crippen molar-refractivity contribution in [1.82, 2.24) is 5.32 Å². The lowest BCUT2D eigenvalue weighted by Gasteiger charge is -2.32. The fourth-order valence-electron chi connectivity index (χ4n) is 3.25. The highest BCUT2D eigenvalue weighted by Gasteiger charge is 2.31. The highest BCUT2D eigenvalue weighted by molar-refractivity contribution is 6.33. The first-order chi connectivity index (χ1) is 12.9. The Balaban J connectivity index is 1.77. The quantitative estimate of drug-likeness (QED) is 0.445. The number of halogens is 2. The van der Waals surface area contributed by atoms with Crippen molar-refractivity contribution in [2.75, 3.05) is 44.6 Å². The summed E-state index contributed by atoms with van der Waals surface area (Å²) in [5.74, 6) is -0.479. The molecule has 4 N–H and O–H groups in total. The highest BCUT2D eigenvalue weighted by Crippen LogP contribution is 2.22. The number of carbonyl (C=O) groups is 2. The lowest BCUT2D eigenvalue weighted by atomic mass is 10.2. The van der Waals surface area contributed by atoms with Crippen LogP contribution in [-0.4, -0.2) is 57.1 Å². The Hall–Kier alpha value is -1.70. The SMILES string of the molecule is CCCCNC(=O)C[NH+]1CC[NH+]([C@@H](C)C(=O)Nc2ccc(F)cc2Cl)CC1. The van der Waals surface area contributed by atoms with Crippen molar-refractivity contribution >= 4 is 29.1 Å². The molecule has 1 aromatic rings. The van der Waals surface area contributed by atoms with Gasteiger partial charge in [0, 0.05) is 6.54 Å². The molecule has 0 radical (unpaired) electrons. The number of benzene rings is 1. The first-order valence-electron chi connectivity index (χ1n) is 9.61. The number of unbranched alkanes of at least 4 members (excludes halogenated alkanes) is 1. The summed E-state index contributed by atoms with van der Waals surface area (Å²) in [7, 11) is 0. The molecule has 1 heterocycles. The zero-order chi connectivity index (χ0) is 19.8. The largest absolute Gasteiger partial charge is 0.351 e. The second kappa shape index (κ2) is 10.6. The Morgan fingerprint density at radius 3 is 2.59 bits per heavy atom. The predicted molar refractivity (Wildman–Crippen MR) is 104 cm³/mol. The van der Waals surface area contributed by atoms with Gasteiger partial charge in [-0.05, 0) is 31.5 Å². The predicted octanol–water partition coefficient (Wildman–Crippen LogP) is -0.494. The lowest BCUT2D eigenvalue weighted by molar-refractivity contribution is -1.01. The number of nitrogens with one attached hydrogen (secondary N) is 4. The molecule has 0 saturated carbocycles. The van der Waals surface area contributed by atoms with Gasteiger partial charge in [0.15, 0.2) is 12.6 Å². The highest BCUT2D eigenvalue weighted by atomic mass is 35.5. The van der Waals surface area contributed by atoms with Gasteiger partial charge in [0.25, 0.3) is 11.8 Å². The van der Waals surface area contributed by atoms with Crippen molar-refractivity contribution in [3.05, 3.63) is 29.0 Å². The fourth-order valence-corrected chi connectivity index (χ4v) is 3.46. The number of hydrogen-bond acceptors (Lipinski definition) is 2. The van der Waals surface area contributed by atoms with E-state index in [1.165, 1.54) is 28.0 Å². The molecule has 0 aromatic heterocycles. The van der Waals surface area contributed by atoms with Crippen molar-refractivity contribution in [2.45, 2.75) is 32.7 Å². The summed E-state index contributed by atoms with van der Waals surface area (Å²) < 4.78 is 13.1. The van der Waals surface area contributed by atoms with E-state index in [-0.39, 0.29) is 22.9 Å². The van der Waals surface area contributed by atoms with Gasteiger partial charge in [-0.1, -0.05) is 24.9 Å². The minimum atomic E-state index is -0.436. The van der Waals surface area contributed by atoms with Crippen LogP contribution < -0.4 is 20.4 Å². The molecule has 1 atom stereocenters. The van der Waals surface area contributed by atoms with E-state index in [4.69, 9.17) is 11.6 Å². The maximum Gasteiger partial charge on any atom is 0.282 e. The van der Waals surface area contributed by atoms with Crippen molar-refractivity contribution < 1.29 is 23.8 Å². The van der Waals surface area contributed by atoms with Crippen LogP contribution in [0.3, 0.4) is 0 Å². The van der Waals surface area contributed by atoms with Gasteiger partial charge in [-0.2, -0.15) is 0 Å². The second-order valence-corrected chi connectivity index (χ2v) is 7.53. The molecule has 1 fully saturated rings. The van der Waals surface area contributed by atoms with Crippen LogP contribution in [0.4, 0.5) is 10.1 Å². The number of amides is 2. The topological polar surface area (TPSA) is 67.1 Å². The number of rotatable bonds is 8. The van der Waals surface area contributed by atoms with Crippen molar-refractivity contribution in [2.24, 2.45) is 0 Å². The van der Waals surface area contributed by atoms with Gasteiger partial charge in [0.1, 0.15) is 32.0 Å². The fraction of sp³-hybridized carbons (Fsp3) is 0.579. The maximum atomic E-state index is 13.1. The number of anilines is 1. The Labute approximate surface area is 165 Å². The number of quaternary nitrogens is 2. The Kier molecular flexibility index (Phi) is 8.47. The van der Waals surface area contributed by atoms with Gasteiger partial charge in [0.2, 0.25) is 0 Å². The van der Waals surface area contributed by atoms with Gasteiger partial charge in [-0.15, -0.1) is 0 Å². The summed E-state index contributed by atoms with van der Waals surface area (Å²) in [6.07, 6.45) is 2.07. The van der Waals surface area contributed by atoms with Crippen LogP contribution in [0.25, 0.3) is 0 Å². The minimum absolute atomic E-state index is 0.0960. The molecule has 27 heavy (non-hydrogen) atoms.